The summed E-state index contributed by atoms with van der Waals surface area (Å²) >= 11 is 0. The quantitative estimate of drug-likeness (QED) is 0.894. The van der Waals surface area contributed by atoms with Gasteiger partial charge < -0.3 is 10.6 Å². The lowest BCUT2D eigenvalue weighted by Gasteiger charge is -2.42. The van der Waals surface area contributed by atoms with E-state index in [2.05, 4.69) is 29.2 Å². The van der Waals surface area contributed by atoms with Crippen molar-refractivity contribution in [3.05, 3.63) is 29.8 Å². The molecule has 0 spiro atoms. The normalized spacial score (nSPS) is 28.9. The zero-order valence-corrected chi connectivity index (χ0v) is 12.5. The summed E-state index contributed by atoms with van der Waals surface area (Å²) < 4.78 is 23.8. The van der Waals surface area contributed by atoms with Crippen LogP contribution in [0.1, 0.15) is 24.8 Å². The summed E-state index contributed by atoms with van der Waals surface area (Å²) in [4.78, 5) is 2.38. The number of nitrogens with zero attached hydrogens (tertiary/aromatic N) is 1. The molecule has 1 unspecified atom stereocenters. The maximum atomic E-state index is 11.9. The van der Waals surface area contributed by atoms with Gasteiger partial charge in [-0.3, -0.25) is 0 Å². The van der Waals surface area contributed by atoms with Crippen molar-refractivity contribution < 1.29 is 8.42 Å². The van der Waals surface area contributed by atoms with Crippen LogP contribution in [0.4, 0.5) is 5.69 Å². The Morgan fingerprint density at radius 3 is 2.80 bits per heavy atom. The van der Waals surface area contributed by atoms with Gasteiger partial charge in [-0.15, -0.1) is 0 Å². The summed E-state index contributed by atoms with van der Waals surface area (Å²) in [7, 11) is -2.89. The molecule has 0 saturated carbocycles. The fraction of sp³-hybridized carbons (Fsp3) is 0.600. The standard InChI is InChI=1S/C15H22N2O2S/c16-12-15(7-3-10-20(18,19)11-8-15)17-9-6-13-4-1-2-5-14(13)17/h1-2,4-5H,3,6-12,16H2. The van der Waals surface area contributed by atoms with Crippen LogP contribution in [0.2, 0.25) is 0 Å². The molecule has 1 atom stereocenters. The molecule has 2 aliphatic rings. The van der Waals surface area contributed by atoms with Crippen LogP contribution in [0, 0.1) is 0 Å². The van der Waals surface area contributed by atoms with Crippen LogP contribution in [0.5, 0.6) is 0 Å². The van der Waals surface area contributed by atoms with Crippen LogP contribution < -0.4 is 10.6 Å². The number of fused-ring (bicyclic) bond motifs is 1. The van der Waals surface area contributed by atoms with E-state index < -0.39 is 9.84 Å². The fourth-order valence-corrected chi connectivity index (χ4v) is 5.09. The van der Waals surface area contributed by atoms with Gasteiger partial charge >= 0.3 is 0 Å². The van der Waals surface area contributed by atoms with Gasteiger partial charge in [-0.2, -0.15) is 0 Å². The molecule has 2 aliphatic heterocycles. The topological polar surface area (TPSA) is 63.4 Å². The van der Waals surface area contributed by atoms with Gasteiger partial charge in [0.05, 0.1) is 17.0 Å². The maximum Gasteiger partial charge on any atom is 0.150 e. The first-order valence-corrected chi connectivity index (χ1v) is 9.15. The summed E-state index contributed by atoms with van der Waals surface area (Å²) in [6, 6.07) is 8.41. The molecule has 0 aliphatic carbocycles. The SMILES string of the molecule is NCC1(N2CCc3ccccc32)CCCS(=O)(=O)CC1. The Morgan fingerprint density at radius 2 is 2.00 bits per heavy atom. The molecule has 2 heterocycles. The zero-order valence-electron chi connectivity index (χ0n) is 11.7. The molecule has 1 aromatic carbocycles. The van der Waals surface area contributed by atoms with E-state index in [1.165, 1.54) is 11.3 Å². The fourth-order valence-electron chi connectivity index (χ4n) is 3.61. The lowest BCUT2D eigenvalue weighted by atomic mass is 9.88. The van der Waals surface area contributed by atoms with Crippen molar-refractivity contribution in [1.82, 2.24) is 0 Å². The monoisotopic (exact) mass is 294 g/mol. The van der Waals surface area contributed by atoms with Crippen LogP contribution in [0.3, 0.4) is 0 Å². The molecule has 1 fully saturated rings. The number of hydrogen-bond acceptors (Lipinski definition) is 4. The Morgan fingerprint density at radius 1 is 1.20 bits per heavy atom. The van der Waals surface area contributed by atoms with Crippen molar-refractivity contribution in [2.24, 2.45) is 5.73 Å². The highest BCUT2D eigenvalue weighted by Crippen LogP contribution is 2.38. The van der Waals surface area contributed by atoms with Crippen molar-refractivity contribution in [3.63, 3.8) is 0 Å². The van der Waals surface area contributed by atoms with E-state index in [9.17, 15) is 8.42 Å². The predicted octanol–water partition coefficient (Wildman–Crippen LogP) is 1.35. The largest absolute Gasteiger partial charge is 0.364 e. The minimum atomic E-state index is -2.89. The molecule has 2 N–H and O–H groups in total. The van der Waals surface area contributed by atoms with Crippen LogP contribution >= 0.6 is 0 Å². The highest BCUT2D eigenvalue weighted by atomic mass is 32.2. The lowest BCUT2D eigenvalue weighted by molar-refractivity contribution is 0.364. The first-order valence-electron chi connectivity index (χ1n) is 7.32. The maximum absolute atomic E-state index is 11.9. The van der Waals surface area contributed by atoms with E-state index in [0.717, 1.165) is 25.8 Å². The molecule has 1 saturated heterocycles. The summed E-state index contributed by atoms with van der Waals surface area (Å²) in [5, 5.41) is 0. The van der Waals surface area contributed by atoms with E-state index in [1.807, 2.05) is 0 Å². The van der Waals surface area contributed by atoms with Crippen LogP contribution in [-0.2, 0) is 16.3 Å². The van der Waals surface area contributed by atoms with E-state index in [0.29, 0.717) is 18.7 Å². The average Bonchev–Trinajstić information content (AvgIpc) is 2.80. The van der Waals surface area contributed by atoms with Crippen molar-refractivity contribution in [1.29, 1.82) is 0 Å². The minimum Gasteiger partial charge on any atom is -0.364 e. The second kappa shape index (κ2) is 5.04. The summed E-state index contributed by atoms with van der Waals surface area (Å²) in [5.41, 5.74) is 8.51. The second-order valence-electron chi connectivity index (χ2n) is 5.96. The van der Waals surface area contributed by atoms with Crippen molar-refractivity contribution in [2.45, 2.75) is 31.2 Å². The number of hydrogen-bond donors (Lipinski definition) is 1. The molecule has 1 aromatic rings. The first-order chi connectivity index (χ1) is 9.56. The molecule has 0 aromatic heterocycles. The third kappa shape index (κ3) is 2.33. The summed E-state index contributed by atoms with van der Waals surface area (Å²) in [6.45, 7) is 1.48. The minimum absolute atomic E-state index is 0.184. The average molecular weight is 294 g/mol. The summed E-state index contributed by atoms with van der Waals surface area (Å²) in [6.07, 6.45) is 3.28. The van der Waals surface area contributed by atoms with Gasteiger partial charge in [0.2, 0.25) is 0 Å². The highest BCUT2D eigenvalue weighted by Gasteiger charge is 2.41. The van der Waals surface area contributed by atoms with Crippen LogP contribution in [0.15, 0.2) is 24.3 Å². The summed E-state index contributed by atoms with van der Waals surface area (Å²) in [5.74, 6) is 0.576. The van der Waals surface area contributed by atoms with E-state index in [1.54, 1.807) is 0 Å². The molecule has 5 heteroatoms. The van der Waals surface area contributed by atoms with E-state index in [4.69, 9.17) is 5.73 Å². The number of anilines is 1. The molecule has 110 valence electrons. The molecule has 20 heavy (non-hydrogen) atoms. The third-order valence-corrected chi connectivity index (χ3v) is 6.55. The van der Waals surface area contributed by atoms with Crippen molar-refractivity contribution in [3.8, 4) is 0 Å². The molecule has 3 rings (SSSR count). The molecule has 0 amide bonds. The van der Waals surface area contributed by atoms with Crippen molar-refractivity contribution >= 4 is 15.5 Å². The Hall–Kier alpha value is -1.07. The predicted molar refractivity (Wildman–Crippen MR) is 81.8 cm³/mol. The van der Waals surface area contributed by atoms with Gasteiger partial charge in [-0.1, -0.05) is 18.2 Å². The number of para-hydroxylation sites is 1. The van der Waals surface area contributed by atoms with Crippen LogP contribution in [-0.4, -0.2) is 38.6 Å². The Bertz CT molecular complexity index is 600. The second-order valence-corrected chi connectivity index (χ2v) is 8.27. The zero-order chi connectivity index (χ0) is 14.2. The molecular weight excluding hydrogens is 272 g/mol. The van der Waals surface area contributed by atoms with Crippen molar-refractivity contribution in [2.75, 3.05) is 29.5 Å². The van der Waals surface area contributed by atoms with E-state index in [-0.39, 0.29) is 11.3 Å². The number of nitrogens with two attached hydrogens (primary N) is 1. The first kappa shape index (κ1) is 13.9. The molecule has 4 nitrogen and oxygen atoms in total. The number of rotatable bonds is 2. The Balaban J connectivity index is 1.94. The van der Waals surface area contributed by atoms with Gasteiger partial charge in [0.1, 0.15) is 9.84 Å². The Labute approximate surface area is 120 Å². The molecular formula is C15H22N2O2S. The van der Waals surface area contributed by atoms with Gasteiger partial charge in [0.15, 0.2) is 0 Å². The van der Waals surface area contributed by atoms with Gasteiger partial charge in [-0.05, 0) is 37.3 Å². The lowest BCUT2D eigenvalue weighted by Crippen LogP contribution is -2.54. The molecule has 0 bridgehead atoms. The van der Waals surface area contributed by atoms with Gasteiger partial charge in [0, 0.05) is 18.8 Å². The molecule has 0 radical (unpaired) electrons. The Kier molecular flexibility index (Phi) is 3.50. The smallest absolute Gasteiger partial charge is 0.150 e. The number of benzene rings is 1. The number of sulfone groups is 1. The highest BCUT2D eigenvalue weighted by molar-refractivity contribution is 7.91. The van der Waals surface area contributed by atoms with E-state index >= 15 is 0 Å². The van der Waals surface area contributed by atoms with Gasteiger partial charge in [-0.25, -0.2) is 8.42 Å². The third-order valence-electron chi connectivity index (χ3n) is 4.82. The van der Waals surface area contributed by atoms with Gasteiger partial charge in [0.25, 0.3) is 0 Å². The van der Waals surface area contributed by atoms with Crippen LogP contribution in [0.25, 0.3) is 0 Å².